The van der Waals surface area contributed by atoms with Gasteiger partial charge in [-0.25, -0.2) is 0 Å². The van der Waals surface area contributed by atoms with Gasteiger partial charge in [-0.3, -0.25) is 0 Å². The maximum Gasteiger partial charge on any atom is 0.323 e. The van der Waals surface area contributed by atoms with Crippen molar-refractivity contribution >= 4 is 11.9 Å². The van der Waals surface area contributed by atoms with Crippen LogP contribution in [0.5, 0.6) is 6.01 Å². The van der Waals surface area contributed by atoms with Gasteiger partial charge in [0.2, 0.25) is 11.9 Å². The number of ether oxygens (including phenoxy) is 2. The fraction of sp³-hybridized carbons (Fsp3) is 0.750. The average molecular weight is 265 g/mol. The van der Waals surface area contributed by atoms with Crippen LogP contribution in [-0.2, 0) is 4.74 Å². The molecule has 0 amide bonds. The van der Waals surface area contributed by atoms with E-state index in [1.807, 2.05) is 6.92 Å². The Morgan fingerprint density at radius 2 is 2.26 bits per heavy atom. The van der Waals surface area contributed by atoms with Crippen LogP contribution in [0.4, 0.5) is 11.9 Å². The second-order valence-electron chi connectivity index (χ2n) is 5.01. The van der Waals surface area contributed by atoms with Crippen molar-refractivity contribution in [2.75, 3.05) is 17.7 Å². The maximum atomic E-state index is 5.79. The zero-order valence-electron chi connectivity index (χ0n) is 11.0. The number of anilines is 2. The van der Waals surface area contributed by atoms with E-state index in [2.05, 4.69) is 20.3 Å². The fourth-order valence-corrected chi connectivity index (χ4v) is 2.65. The Morgan fingerprint density at radius 1 is 1.37 bits per heavy atom. The third-order valence-corrected chi connectivity index (χ3v) is 3.49. The first kappa shape index (κ1) is 12.4. The Labute approximate surface area is 111 Å². The number of nitrogens with zero attached hydrogens (tertiary/aromatic N) is 3. The van der Waals surface area contributed by atoms with Gasteiger partial charge in [0, 0.05) is 0 Å². The third kappa shape index (κ3) is 2.70. The molecule has 7 nitrogen and oxygen atoms in total. The lowest BCUT2D eigenvalue weighted by atomic mass is 9.96. The highest BCUT2D eigenvalue weighted by molar-refractivity contribution is 5.34. The van der Waals surface area contributed by atoms with E-state index in [9.17, 15) is 0 Å². The molecule has 0 spiro atoms. The normalized spacial score (nSPS) is 28.6. The smallest absolute Gasteiger partial charge is 0.323 e. The van der Waals surface area contributed by atoms with Gasteiger partial charge in [0.25, 0.3) is 0 Å². The Kier molecular flexibility index (Phi) is 3.37. The molecule has 2 fully saturated rings. The summed E-state index contributed by atoms with van der Waals surface area (Å²) in [6, 6.07) is 0.542. The van der Waals surface area contributed by atoms with Gasteiger partial charge in [-0.05, 0) is 25.7 Å². The van der Waals surface area contributed by atoms with E-state index >= 15 is 0 Å². The number of nitrogen functional groups attached to an aromatic ring is 1. The van der Waals surface area contributed by atoms with Gasteiger partial charge >= 0.3 is 6.01 Å². The second kappa shape index (κ2) is 5.16. The summed E-state index contributed by atoms with van der Waals surface area (Å²) in [7, 11) is 0. The van der Waals surface area contributed by atoms with Crippen LogP contribution in [-0.4, -0.2) is 39.8 Å². The van der Waals surface area contributed by atoms with Crippen LogP contribution in [0.15, 0.2) is 0 Å². The molecule has 1 aromatic rings. The zero-order valence-corrected chi connectivity index (χ0v) is 11.0. The summed E-state index contributed by atoms with van der Waals surface area (Å²) >= 11 is 0. The van der Waals surface area contributed by atoms with E-state index in [0.29, 0.717) is 18.7 Å². The molecule has 3 unspecified atom stereocenters. The molecule has 19 heavy (non-hydrogen) atoms. The monoisotopic (exact) mass is 265 g/mol. The van der Waals surface area contributed by atoms with Gasteiger partial charge in [-0.15, -0.1) is 0 Å². The van der Waals surface area contributed by atoms with Crippen molar-refractivity contribution < 1.29 is 9.47 Å². The molecule has 0 radical (unpaired) electrons. The number of rotatable bonds is 5. The van der Waals surface area contributed by atoms with E-state index in [0.717, 1.165) is 25.7 Å². The number of aromatic nitrogens is 3. The summed E-state index contributed by atoms with van der Waals surface area (Å²) in [6.07, 6.45) is 4.81. The molecule has 2 aliphatic heterocycles. The van der Waals surface area contributed by atoms with Crippen LogP contribution in [0.25, 0.3) is 0 Å². The maximum absolute atomic E-state index is 5.79. The molecule has 3 atom stereocenters. The number of fused-ring (bicyclic) bond motifs is 2. The summed E-state index contributed by atoms with van der Waals surface area (Å²) in [5, 5.41) is 3.28. The van der Waals surface area contributed by atoms with Crippen molar-refractivity contribution in [3.05, 3.63) is 0 Å². The molecule has 0 aromatic carbocycles. The molecule has 2 saturated heterocycles. The number of hydrogen-bond acceptors (Lipinski definition) is 7. The average Bonchev–Trinajstić information content (AvgIpc) is 2.98. The SMILES string of the molecule is CCCOc1nc(N)nc(NC2CC3CCC2O3)n1. The van der Waals surface area contributed by atoms with E-state index in [4.69, 9.17) is 15.2 Å². The van der Waals surface area contributed by atoms with Crippen molar-refractivity contribution in [2.45, 2.75) is 50.9 Å². The van der Waals surface area contributed by atoms with Gasteiger partial charge in [0.1, 0.15) is 0 Å². The van der Waals surface area contributed by atoms with Crippen LogP contribution in [0.2, 0.25) is 0 Å². The molecule has 3 N–H and O–H groups in total. The quantitative estimate of drug-likeness (QED) is 0.819. The summed E-state index contributed by atoms with van der Waals surface area (Å²) in [4.78, 5) is 12.3. The van der Waals surface area contributed by atoms with Gasteiger partial charge in [-0.2, -0.15) is 15.0 Å². The minimum absolute atomic E-state index is 0.174. The summed E-state index contributed by atoms with van der Waals surface area (Å²) in [6.45, 7) is 2.59. The number of nitrogens with one attached hydrogen (secondary N) is 1. The van der Waals surface area contributed by atoms with E-state index in [-0.39, 0.29) is 24.1 Å². The second-order valence-corrected chi connectivity index (χ2v) is 5.01. The molecule has 0 saturated carbocycles. The van der Waals surface area contributed by atoms with Gasteiger partial charge in [-0.1, -0.05) is 6.92 Å². The first-order chi connectivity index (χ1) is 9.24. The summed E-state index contributed by atoms with van der Waals surface area (Å²) in [5.41, 5.74) is 5.67. The Morgan fingerprint density at radius 3 is 2.95 bits per heavy atom. The lowest BCUT2D eigenvalue weighted by Crippen LogP contribution is -2.31. The summed E-state index contributed by atoms with van der Waals surface area (Å²) < 4.78 is 11.2. The molecule has 104 valence electrons. The van der Waals surface area contributed by atoms with Crippen molar-refractivity contribution in [1.29, 1.82) is 0 Å². The highest BCUT2D eigenvalue weighted by atomic mass is 16.5. The van der Waals surface area contributed by atoms with Crippen LogP contribution >= 0.6 is 0 Å². The lowest BCUT2D eigenvalue weighted by Gasteiger charge is -2.20. The van der Waals surface area contributed by atoms with Crippen LogP contribution in [0.1, 0.15) is 32.6 Å². The molecule has 0 aliphatic carbocycles. The minimum atomic E-state index is 0.174. The molecule has 2 bridgehead atoms. The van der Waals surface area contributed by atoms with Gasteiger partial charge < -0.3 is 20.5 Å². The predicted octanol–water partition coefficient (Wildman–Crippen LogP) is 0.974. The van der Waals surface area contributed by atoms with Crippen LogP contribution in [0, 0.1) is 0 Å². The molecule has 1 aromatic heterocycles. The Balaban J connectivity index is 1.68. The third-order valence-electron chi connectivity index (χ3n) is 3.49. The Hall–Kier alpha value is -1.63. The first-order valence-electron chi connectivity index (χ1n) is 6.81. The van der Waals surface area contributed by atoms with E-state index in [1.165, 1.54) is 0 Å². The van der Waals surface area contributed by atoms with Crippen molar-refractivity contribution in [1.82, 2.24) is 15.0 Å². The Bertz CT molecular complexity index is 456. The van der Waals surface area contributed by atoms with Crippen LogP contribution in [0.3, 0.4) is 0 Å². The predicted molar refractivity (Wildman–Crippen MR) is 69.9 cm³/mol. The van der Waals surface area contributed by atoms with Crippen molar-refractivity contribution in [2.24, 2.45) is 0 Å². The van der Waals surface area contributed by atoms with E-state index in [1.54, 1.807) is 0 Å². The largest absolute Gasteiger partial charge is 0.463 e. The molecule has 3 heterocycles. The molecular weight excluding hydrogens is 246 g/mol. The molecule has 2 aliphatic rings. The van der Waals surface area contributed by atoms with Crippen molar-refractivity contribution in [3.63, 3.8) is 0 Å². The highest BCUT2D eigenvalue weighted by Crippen LogP contribution is 2.35. The van der Waals surface area contributed by atoms with Crippen molar-refractivity contribution in [3.8, 4) is 6.01 Å². The van der Waals surface area contributed by atoms with Crippen LogP contribution < -0.4 is 15.8 Å². The lowest BCUT2D eigenvalue weighted by molar-refractivity contribution is 0.102. The van der Waals surface area contributed by atoms with E-state index < -0.39 is 0 Å². The fourth-order valence-electron chi connectivity index (χ4n) is 2.65. The topological polar surface area (TPSA) is 95.2 Å². The zero-order chi connectivity index (χ0) is 13.2. The first-order valence-corrected chi connectivity index (χ1v) is 6.81. The molecular formula is C12H19N5O2. The van der Waals surface area contributed by atoms with Gasteiger partial charge in [0.05, 0.1) is 24.9 Å². The molecule has 7 heteroatoms. The summed E-state index contributed by atoms with van der Waals surface area (Å²) in [5.74, 6) is 0.646. The molecule has 3 rings (SSSR count). The standard InChI is InChI=1S/C12H19N5O2/c1-2-5-18-12-16-10(13)15-11(17-12)14-8-6-7-3-4-9(8)19-7/h7-9H,2-6H2,1H3,(H3,13,14,15,16,17). The number of nitrogens with two attached hydrogens (primary N) is 1. The number of hydrogen-bond donors (Lipinski definition) is 2. The van der Waals surface area contributed by atoms with Gasteiger partial charge in [0.15, 0.2) is 0 Å². The minimum Gasteiger partial charge on any atom is -0.463 e. The highest BCUT2D eigenvalue weighted by Gasteiger charge is 2.41.